The standard InChI is InChI=1S/C19H22N4O2/c1-25-16-6-3-2-5-15(16)19(7-8-19)17(24)22-11-13-23(14-12-22)18-20-9-4-10-21-18/h2-6,9-10H,7-8,11-14H2,1H3. The second kappa shape index (κ2) is 6.35. The average Bonchev–Trinajstić information content (AvgIpc) is 3.50. The summed E-state index contributed by atoms with van der Waals surface area (Å²) in [5.74, 6) is 1.77. The number of carbonyl (C=O) groups is 1. The van der Waals surface area contributed by atoms with Crippen LogP contribution in [0.5, 0.6) is 5.75 Å². The molecule has 4 rings (SSSR count). The molecular weight excluding hydrogens is 316 g/mol. The van der Waals surface area contributed by atoms with Crippen molar-refractivity contribution in [3.05, 3.63) is 48.3 Å². The van der Waals surface area contributed by atoms with E-state index in [1.54, 1.807) is 19.5 Å². The summed E-state index contributed by atoms with van der Waals surface area (Å²) in [6, 6.07) is 9.70. The Morgan fingerprint density at radius 3 is 2.36 bits per heavy atom. The predicted molar refractivity (Wildman–Crippen MR) is 94.7 cm³/mol. The van der Waals surface area contributed by atoms with E-state index in [4.69, 9.17) is 4.74 Å². The first-order chi connectivity index (χ1) is 12.2. The summed E-state index contributed by atoms with van der Waals surface area (Å²) in [7, 11) is 1.66. The molecule has 0 N–H and O–H groups in total. The van der Waals surface area contributed by atoms with Gasteiger partial charge < -0.3 is 14.5 Å². The van der Waals surface area contributed by atoms with E-state index in [1.807, 2.05) is 35.2 Å². The second-order valence-electron chi connectivity index (χ2n) is 6.61. The maximum atomic E-state index is 13.2. The number of methoxy groups -OCH3 is 1. The molecule has 1 aromatic carbocycles. The van der Waals surface area contributed by atoms with Gasteiger partial charge in [0.05, 0.1) is 12.5 Å². The van der Waals surface area contributed by atoms with Gasteiger partial charge >= 0.3 is 0 Å². The van der Waals surface area contributed by atoms with Gasteiger partial charge in [-0.1, -0.05) is 18.2 Å². The van der Waals surface area contributed by atoms with Crippen molar-refractivity contribution in [2.24, 2.45) is 0 Å². The van der Waals surface area contributed by atoms with Crippen molar-refractivity contribution in [1.82, 2.24) is 14.9 Å². The first-order valence-electron chi connectivity index (χ1n) is 8.69. The van der Waals surface area contributed by atoms with Crippen LogP contribution < -0.4 is 9.64 Å². The van der Waals surface area contributed by atoms with Gasteiger partial charge in [-0.25, -0.2) is 9.97 Å². The highest BCUT2D eigenvalue weighted by Gasteiger charge is 2.54. The van der Waals surface area contributed by atoms with Crippen LogP contribution in [0.1, 0.15) is 18.4 Å². The van der Waals surface area contributed by atoms with Gasteiger partial charge in [-0.3, -0.25) is 4.79 Å². The third-order valence-electron chi connectivity index (χ3n) is 5.18. The van der Waals surface area contributed by atoms with Crippen LogP contribution in [-0.2, 0) is 10.2 Å². The zero-order valence-corrected chi connectivity index (χ0v) is 14.4. The number of rotatable bonds is 4. The van der Waals surface area contributed by atoms with Crippen LogP contribution in [0, 0.1) is 0 Å². The summed E-state index contributed by atoms with van der Waals surface area (Å²) in [6.07, 6.45) is 5.30. The molecule has 1 saturated heterocycles. The molecule has 0 radical (unpaired) electrons. The second-order valence-corrected chi connectivity index (χ2v) is 6.61. The fourth-order valence-corrected chi connectivity index (χ4v) is 3.63. The zero-order valence-electron chi connectivity index (χ0n) is 14.4. The van der Waals surface area contributed by atoms with Gasteiger partial charge in [0.15, 0.2) is 0 Å². The quantitative estimate of drug-likeness (QED) is 0.852. The molecule has 25 heavy (non-hydrogen) atoms. The Bertz CT molecular complexity index is 753. The lowest BCUT2D eigenvalue weighted by atomic mass is 9.93. The van der Waals surface area contributed by atoms with Crippen molar-refractivity contribution in [2.75, 3.05) is 38.2 Å². The largest absolute Gasteiger partial charge is 0.496 e. The lowest BCUT2D eigenvalue weighted by Gasteiger charge is -2.36. The van der Waals surface area contributed by atoms with Crippen molar-refractivity contribution in [3.63, 3.8) is 0 Å². The van der Waals surface area contributed by atoms with Gasteiger partial charge in [-0.05, 0) is 25.0 Å². The summed E-state index contributed by atoms with van der Waals surface area (Å²) in [5, 5.41) is 0. The molecule has 2 heterocycles. The van der Waals surface area contributed by atoms with Crippen LogP contribution in [-0.4, -0.2) is 54.1 Å². The Morgan fingerprint density at radius 1 is 1.04 bits per heavy atom. The van der Waals surface area contributed by atoms with Crippen molar-refractivity contribution < 1.29 is 9.53 Å². The fraction of sp³-hybridized carbons (Fsp3) is 0.421. The summed E-state index contributed by atoms with van der Waals surface area (Å²) in [4.78, 5) is 25.9. The molecule has 0 spiro atoms. The number of hydrogen-bond donors (Lipinski definition) is 0. The van der Waals surface area contributed by atoms with Crippen molar-refractivity contribution in [3.8, 4) is 5.75 Å². The minimum absolute atomic E-state index is 0.227. The normalized spacial score (nSPS) is 18.8. The van der Waals surface area contributed by atoms with Gasteiger partial charge in [0.1, 0.15) is 5.75 Å². The van der Waals surface area contributed by atoms with E-state index in [2.05, 4.69) is 14.9 Å². The molecule has 1 amide bonds. The molecule has 6 nitrogen and oxygen atoms in total. The SMILES string of the molecule is COc1ccccc1C1(C(=O)N2CCN(c3ncccn3)CC2)CC1. The van der Waals surface area contributed by atoms with Crippen molar-refractivity contribution in [1.29, 1.82) is 0 Å². The Balaban J connectivity index is 1.47. The summed E-state index contributed by atoms with van der Waals surface area (Å²) < 4.78 is 5.49. The fourth-order valence-electron chi connectivity index (χ4n) is 3.63. The van der Waals surface area contributed by atoms with Gasteiger partial charge in [-0.15, -0.1) is 0 Å². The summed E-state index contributed by atoms with van der Waals surface area (Å²) in [6.45, 7) is 2.93. The van der Waals surface area contributed by atoms with Crippen molar-refractivity contribution >= 4 is 11.9 Å². The minimum Gasteiger partial charge on any atom is -0.496 e. The summed E-state index contributed by atoms with van der Waals surface area (Å²) >= 11 is 0. The van der Waals surface area contributed by atoms with E-state index in [0.717, 1.165) is 43.2 Å². The highest BCUT2D eigenvalue weighted by molar-refractivity contribution is 5.92. The molecule has 130 valence electrons. The van der Waals surface area contributed by atoms with Gasteiger partial charge in [0, 0.05) is 44.1 Å². The van der Waals surface area contributed by atoms with Crippen LogP contribution in [0.25, 0.3) is 0 Å². The Hall–Kier alpha value is -2.63. The third kappa shape index (κ3) is 2.81. The van der Waals surface area contributed by atoms with Crippen LogP contribution in [0.4, 0.5) is 5.95 Å². The predicted octanol–water partition coefficient (Wildman–Crippen LogP) is 1.87. The van der Waals surface area contributed by atoms with Gasteiger partial charge in [-0.2, -0.15) is 0 Å². The Labute approximate surface area is 147 Å². The number of ether oxygens (including phenoxy) is 1. The molecule has 2 fully saturated rings. The van der Waals surface area contributed by atoms with Crippen molar-refractivity contribution in [2.45, 2.75) is 18.3 Å². The van der Waals surface area contributed by atoms with Crippen LogP contribution >= 0.6 is 0 Å². The van der Waals surface area contributed by atoms with Gasteiger partial charge in [0.2, 0.25) is 11.9 Å². The number of nitrogens with zero attached hydrogens (tertiary/aromatic N) is 4. The lowest BCUT2D eigenvalue weighted by Crippen LogP contribution is -2.52. The number of hydrogen-bond acceptors (Lipinski definition) is 5. The molecule has 6 heteroatoms. The average molecular weight is 338 g/mol. The molecule has 2 aliphatic rings. The molecule has 1 aromatic heterocycles. The summed E-state index contributed by atoms with van der Waals surface area (Å²) in [5.41, 5.74) is 0.634. The van der Waals surface area contributed by atoms with Crippen LogP contribution in [0.15, 0.2) is 42.7 Å². The van der Waals surface area contributed by atoms with E-state index in [0.29, 0.717) is 13.1 Å². The monoisotopic (exact) mass is 338 g/mol. The molecule has 1 saturated carbocycles. The Morgan fingerprint density at radius 2 is 1.72 bits per heavy atom. The van der Waals surface area contributed by atoms with Crippen LogP contribution in [0.2, 0.25) is 0 Å². The molecule has 1 aliphatic heterocycles. The molecule has 1 aliphatic carbocycles. The Kier molecular flexibility index (Phi) is 4.03. The highest BCUT2D eigenvalue weighted by atomic mass is 16.5. The van der Waals surface area contributed by atoms with E-state index in [-0.39, 0.29) is 5.91 Å². The maximum Gasteiger partial charge on any atom is 0.233 e. The number of benzene rings is 1. The number of aromatic nitrogens is 2. The van der Waals surface area contributed by atoms with E-state index in [9.17, 15) is 4.79 Å². The lowest BCUT2D eigenvalue weighted by molar-refractivity contribution is -0.134. The van der Waals surface area contributed by atoms with E-state index >= 15 is 0 Å². The number of para-hydroxylation sites is 1. The first-order valence-corrected chi connectivity index (χ1v) is 8.69. The van der Waals surface area contributed by atoms with E-state index in [1.165, 1.54) is 0 Å². The minimum atomic E-state index is -0.391. The molecule has 2 aromatic rings. The number of piperazine rings is 1. The van der Waals surface area contributed by atoms with E-state index < -0.39 is 5.41 Å². The first kappa shape index (κ1) is 15.9. The maximum absolute atomic E-state index is 13.2. The third-order valence-corrected chi connectivity index (χ3v) is 5.18. The number of carbonyl (C=O) groups excluding carboxylic acids is 1. The zero-order chi connectivity index (χ0) is 17.3. The number of anilines is 1. The molecular formula is C19H22N4O2. The number of amides is 1. The van der Waals surface area contributed by atoms with Crippen LogP contribution in [0.3, 0.4) is 0 Å². The smallest absolute Gasteiger partial charge is 0.233 e. The molecule has 0 unspecified atom stereocenters. The highest BCUT2D eigenvalue weighted by Crippen LogP contribution is 2.52. The topological polar surface area (TPSA) is 58.6 Å². The van der Waals surface area contributed by atoms with Gasteiger partial charge in [0.25, 0.3) is 0 Å². The molecule has 0 atom stereocenters. The molecule has 0 bridgehead atoms.